The molecule has 0 spiro atoms. The molecule has 0 aliphatic carbocycles. The number of thioether (sulfide) groups is 1. The number of hydrogen-bond acceptors (Lipinski definition) is 5. The summed E-state index contributed by atoms with van der Waals surface area (Å²) >= 11 is 5.48. The van der Waals surface area contributed by atoms with E-state index in [0.29, 0.717) is 0 Å². The minimum atomic E-state index is 0.267. The smallest absolute Gasteiger partial charge is 0.126 e. The van der Waals surface area contributed by atoms with E-state index in [1.165, 1.54) is 17.9 Å². The van der Waals surface area contributed by atoms with E-state index in [9.17, 15) is 0 Å². The Bertz CT molecular complexity index is 431. The fourth-order valence-corrected chi connectivity index (χ4v) is 4.58. The fraction of sp³-hybridized carbons (Fsp3) is 0.643. The van der Waals surface area contributed by atoms with E-state index in [1.54, 1.807) is 0 Å². The van der Waals surface area contributed by atoms with Crippen molar-refractivity contribution in [2.24, 2.45) is 0 Å². The third kappa shape index (κ3) is 3.30. The van der Waals surface area contributed by atoms with E-state index in [-0.39, 0.29) is 5.54 Å². The lowest BCUT2D eigenvalue weighted by Gasteiger charge is -2.43. The molecule has 1 aromatic heterocycles. The van der Waals surface area contributed by atoms with Gasteiger partial charge in [-0.05, 0) is 40.2 Å². The molecule has 2 fully saturated rings. The lowest BCUT2D eigenvalue weighted by Crippen LogP contribution is -2.57. The lowest BCUT2D eigenvalue weighted by molar-refractivity contribution is -0.00922. The third-order valence-electron chi connectivity index (χ3n) is 4.09. The summed E-state index contributed by atoms with van der Waals surface area (Å²) in [5.41, 5.74) is 0.267. The molecule has 6 heteroatoms. The number of anilines is 1. The quantitative estimate of drug-likeness (QED) is 0.895. The Morgan fingerprint density at radius 3 is 2.90 bits per heavy atom. The summed E-state index contributed by atoms with van der Waals surface area (Å²) in [4.78, 5) is 7.02. The highest BCUT2D eigenvalue weighted by atomic mass is 79.9. The van der Waals surface area contributed by atoms with Crippen LogP contribution in [0.25, 0.3) is 0 Å². The number of ether oxygens (including phenoxy) is 1. The van der Waals surface area contributed by atoms with Gasteiger partial charge in [-0.15, -0.1) is 0 Å². The highest BCUT2D eigenvalue weighted by Gasteiger charge is 2.40. The van der Waals surface area contributed by atoms with E-state index in [2.05, 4.69) is 42.9 Å². The van der Waals surface area contributed by atoms with Crippen LogP contribution in [0.2, 0.25) is 0 Å². The van der Waals surface area contributed by atoms with Crippen LogP contribution >= 0.6 is 27.7 Å². The van der Waals surface area contributed by atoms with Crippen molar-refractivity contribution in [2.45, 2.75) is 12.0 Å². The predicted molar refractivity (Wildman–Crippen MR) is 87.5 cm³/mol. The van der Waals surface area contributed by atoms with Gasteiger partial charge in [0.15, 0.2) is 0 Å². The summed E-state index contributed by atoms with van der Waals surface area (Å²) in [5.74, 6) is 3.42. The first-order valence-corrected chi connectivity index (χ1v) is 8.99. The highest BCUT2D eigenvalue weighted by molar-refractivity contribution is 9.10. The zero-order valence-electron chi connectivity index (χ0n) is 11.5. The van der Waals surface area contributed by atoms with Crippen LogP contribution in [0.4, 0.5) is 5.82 Å². The van der Waals surface area contributed by atoms with Crippen molar-refractivity contribution in [1.29, 1.82) is 0 Å². The Balaban J connectivity index is 1.66. The maximum Gasteiger partial charge on any atom is 0.126 e. The Labute approximate surface area is 132 Å². The average molecular weight is 358 g/mol. The number of nitrogens with one attached hydrogen (secondary N) is 1. The lowest BCUT2D eigenvalue weighted by atomic mass is 9.95. The van der Waals surface area contributed by atoms with Gasteiger partial charge in [0, 0.05) is 41.6 Å². The minimum Gasteiger partial charge on any atom is -0.379 e. The summed E-state index contributed by atoms with van der Waals surface area (Å²) < 4.78 is 6.51. The summed E-state index contributed by atoms with van der Waals surface area (Å²) in [6.07, 6.45) is 3.09. The molecule has 1 aromatic rings. The van der Waals surface area contributed by atoms with Gasteiger partial charge in [0.1, 0.15) is 5.82 Å². The SMILES string of the molecule is Brc1ccc(NCC2(N3CCOCC3)CCSC2)nc1. The van der Waals surface area contributed by atoms with Crippen LogP contribution < -0.4 is 5.32 Å². The van der Waals surface area contributed by atoms with E-state index in [1.807, 2.05) is 18.3 Å². The van der Waals surface area contributed by atoms with Crippen molar-refractivity contribution in [1.82, 2.24) is 9.88 Å². The average Bonchev–Trinajstić information content (AvgIpc) is 2.98. The molecule has 0 saturated carbocycles. The van der Waals surface area contributed by atoms with Gasteiger partial charge in [-0.1, -0.05) is 0 Å². The molecule has 4 nitrogen and oxygen atoms in total. The first-order valence-electron chi connectivity index (χ1n) is 7.05. The summed E-state index contributed by atoms with van der Waals surface area (Å²) in [7, 11) is 0. The molecule has 2 aliphatic rings. The first kappa shape index (κ1) is 14.6. The molecule has 20 heavy (non-hydrogen) atoms. The number of pyridine rings is 1. The van der Waals surface area contributed by atoms with E-state index < -0.39 is 0 Å². The molecule has 0 aromatic carbocycles. The minimum absolute atomic E-state index is 0.267. The highest BCUT2D eigenvalue weighted by Crippen LogP contribution is 2.34. The Morgan fingerprint density at radius 2 is 2.25 bits per heavy atom. The van der Waals surface area contributed by atoms with Crippen LogP contribution in [0, 0.1) is 0 Å². The molecule has 2 aliphatic heterocycles. The van der Waals surface area contributed by atoms with Gasteiger partial charge in [0.25, 0.3) is 0 Å². The second-order valence-electron chi connectivity index (χ2n) is 5.34. The topological polar surface area (TPSA) is 37.4 Å². The fourth-order valence-electron chi connectivity index (χ4n) is 2.87. The maximum absolute atomic E-state index is 5.49. The molecule has 0 bridgehead atoms. The molecule has 0 amide bonds. The standard InChI is InChI=1S/C14H20BrN3OS/c15-12-1-2-13(16-9-12)17-10-14(3-8-20-11-14)18-4-6-19-7-5-18/h1-2,9H,3-8,10-11H2,(H,16,17). The predicted octanol–water partition coefficient (Wildman–Crippen LogP) is 2.46. The summed E-state index contributed by atoms with van der Waals surface area (Å²) in [6, 6.07) is 4.05. The third-order valence-corrected chi connectivity index (χ3v) is 5.79. The van der Waals surface area contributed by atoms with Crippen LogP contribution in [0.1, 0.15) is 6.42 Å². The van der Waals surface area contributed by atoms with E-state index >= 15 is 0 Å². The molecule has 2 saturated heterocycles. The van der Waals surface area contributed by atoms with Crippen molar-refractivity contribution < 1.29 is 4.74 Å². The van der Waals surface area contributed by atoms with Crippen LogP contribution in [0.15, 0.2) is 22.8 Å². The van der Waals surface area contributed by atoms with Crippen LogP contribution in [-0.2, 0) is 4.74 Å². The summed E-state index contributed by atoms with van der Waals surface area (Å²) in [6.45, 7) is 4.80. The van der Waals surface area contributed by atoms with Gasteiger partial charge in [0.2, 0.25) is 0 Å². The maximum atomic E-state index is 5.49. The molecule has 110 valence electrons. The van der Waals surface area contributed by atoms with Crippen LogP contribution in [0.3, 0.4) is 0 Å². The number of rotatable bonds is 4. The molecule has 0 radical (unpaired) electrons. The Kier molecular flexibility index (Phi) is 4.86. The number of halogens is 1. The summed E-state index contributed by atoms with van der Waals surface area (Å²) in [5, 5.41) is 3.52. The molecule has 1 unspecified atom stereocenters. The second kappa shape index (κ2) is 6.64. The van der Waals surface area contributed by atoms with Gasteiger partial charge >= 0.3 is 0 Å². The van der Waals surface area contributed by atoms with Gasteiger partial charge in [-0.2, -0.15) is 11.8 Å². The van der Waals surface area contributed by atoms with Crippen molar-refractivity contribution >= 4 is 33.5 Å². The first-order chi connectivity index (χ1) is 9.78. The van der Waals surface area contributed by atoms with E-state index in [0.717, 1.165) is 43.1 Å². The van der Waals surface area contributed by atoms with Crippen molar-refractivity contribution in [3.8, 4) is 0 Å². The monoisotopic (exact) mass is 357 g/mol. The zero-order valence-corrected chi connectivity index (χ0v) is 13.9. The zero-order chi connectivity index (χ0) is 13.8. The molecular formula is C14H20BrN3OS. The van der Waals surface area contributed by atoms with Crippen LogP contribution in [0.5, 0.6) is 0 Å². The number of aromatic nitrogens is 1. The van der Waals surface area contributed by atoms with Gasteiger partial charge in [-0.3, -0.25) is 4.90 Å². The number of nitrogens with zero attached hydrogens (tertiary/aromatic N) is 2. The van der Waals surface area contributed by atoms with Crippen molar-refractivity contribution in [2.75, 3.05) is 49.7 Å². The van der Waals surface area contributed by atoms with Crippen molar-refractivity contribution in [3.63, 3.8) is 0 Å². The van der Waals surface area contributed by atoms with E-state index in [4.69, 9.17) is 4.74 Å². The molecular weight excluding hydrogens is 338 g/mol. The Morgan fingerprint density at radius 1 is 1.40 bits per heavy atom. The molecule has 1 N–H and O–H groups in total. The second-order valence-corrected chi connectivity index (χ2v) is 7.36. The van der Waals surface area contributed by atoms with Crippen molar-refractivity contribution in [3.05, 3.63) is 22.8 Å². The van der Waals surface area contributed by atoms with Gasteiger partial charge < -0.3 is 10.1 Å². The van der Waals surface area contributed by atoms with Gasteiger partial charge in [0.05, 0.1) is 13.2 Å². The van der Waals surface area contributed by atoms with Gasteiger partial charge in [-0.25, -0.2) is 4.98 Å². The normalized spacial score (nSPS) is 27.6. The van der Waals surface area contributed by atoms with Crippen LogP contribution in [-0.4, -0.2) is 59.8 Å². The Hall–Kier alpha value is -0.300. The number of morpholine rings is 1. The molecule has 3 heterocycles. The number of hydrogen-bond donors (Lipinski definition) is 1. The molecule has 3 rings (SSSR count). The molecule has 1 atom stereocenters. The largest absolute Gasteiger partial charge is 0.379 e.